The Labute approximate surface area is 122 Å². The molecule has 2 rings (SSSR count). The van der Waals surface area contributed by atoms with E-state index in [1.807, 2.05) is 19.2 Å². The minimum absolute atomic E-state index is 0.126. The molecule has 1 aliphatic rings. The lowest BCUT2D eigenvalue weighted by Crippen LogP contribution is -2.47. The zero-order valence-corrected chi connectivity index (χ0v) is 13.0. The third-order valence-electron chi connectivity index (χ3n) is 3.28. The zero-order valence-electron chi connectivity index (χ0n) is 10.6. The molecule has 2 atom stereocenters. The lowest BCUT2D eigenvalue weighted by Gasteiger charge is -2.39. The van der Waals surface area contributed by atoms with Crippen molar-refractivity contribution < 1.29 is 4.74 Å². The van der Waals surface area contributed by atoms with Gasteiger partial charge in [0.1, 0.15) is 0 Å². The molecule has 0 aromatic heterocycles. The highest BCUT2D eigenvalue weighted by Gasteiger charge is 2.32. The van der Waals surface area contributed by atoms with Crippen LogP contribution in [0.1, 0.15) is 11.6 Å². The number of benzene rings is 1. The van der Waals surface area contributed by atoms with Crippen LogP contribution in [0.25, 0.3) is 0 Å². The predicted octanol–water partition coefficient (Wildman–Crippen LogP) is 2.69. The van der Waals surface area contributed by atoms with Gasteiger partial charge in [-0.15, -0.1) is 0 Å². The van der Waals surface area contributed by atoms with Gasteiger partial charge in [-0.1, -0.05) is 27.5 Å². The number of ether oxygens (including phenoxy) is 1. The van der Waals surface area contributed by atoms with E-state index in [1.165, 1.54) is 0 Å². The molecule has 3 nitrogen and oxygen atoms in total. The number of rotatable bonds is 3. The lowest BCUT2D eigenvalue weighted by atomic mass is 9.98. The van der Waals surface area contributed by atoms with E-state index in [1.54, 1.807) is 0 Å². The van der Waals surface area contributed by atoms with Gasteiger partial charge in [0.25, 0.3) is 0 Å². The van der Waals surface area contributed by atoms with Gasteiger partial charge in [0.05, 0.1) is 18.8 Å². The highest BCUT2D eigenvalue weighted by Crippen LogP contribution is 2.34. The fourth-order valence-corrected chi connectivity index (χ4v) is 3.02. The van der Waals surface area contributed by atoms with Crippen molar-refractivity contribution in [1.29, 1.82) is 0 Å². The predicted molar refractivity (Wildman–Crippen MR) is 78.2 cm³/mol. The molecule has 0 saturated carbocycles. The minimum Gasteiger partial charge on any atom is -0.374 e. The molecule has 100 valence electrons. The van der Waals surface area contributed by atoms with Crippen molar-refractivity contribution in [3.8, 4) is 0 Å². The SMILES string of the molecule is CNCC1OCCN(C)C1c1cc(Br)ccc1Cl. The van der Waals surface area contributed by atoms with Crippen LogP contribution in [0.2, 0.25) is 5.02 Å². The summed E-state index contributed by atoms with van der Waals surface area (Å²) in [5, 5.41) is 3.98. The molecular weight excluding hydrogens is 316 g/mol. The van der Waals surface area contributed by atoms with E-state index >= 15 is 0 Å². The maximum atomic E-state index is 6.34. The summed E-state index contributed by atoms with van der Waals surface area (Å²) in [6, 6.07) is 6.17. The van der Waals surface area contributed by atoms with E-state index in [-0.39, 0.29) is 12.1 Å². The number of likely N-dealkylation sites (N-methyl/N-ethyl adjacent to an activating group) is 2. The molecule has 1 aliphatic heterocycles. The first-order chi connectivity index (χ1) is 8.63. The van der Waals surface area contributed by atoms with Gasteiger partial charge in [-0.05, 0) is 37.9 Å². The van der Waals surface area contributed by atoms with Gasteiger partial charge in [-0.2, -0.15) is 0 Å². The Bertz CT molecular complexity index is 414. The van der Waals surface area contributed by atoms with E-state index in [0.29, 0.717) is 0 Å². The molecule has 18 heavy (non-hydrogen) atoms. The van der Waals surface area contributed by atoms with Crippen molar-refractivity contribution >= 4 is 27.5 Å². The summed E-state index contributed by atoms with van der Waals surface area (Å²) in [5.74, 6) is 0. The average molecular weight is 334 g/mol. The second-order valence-electron chi connectivity index (χ2n) is 4.56. The molecule has 0 aliphatic carbocycles. The Kier molecular flexibility index (Phi) is 5.04. The molecule has 0 radical (unpaired) electrons. The van der Waals surface area contributed by atoms with Gasteiger partial charge in [-0.3, -0.25) is 4.90 Å². The first-order valence-electron chi connectivity index (χ1n) is 6.05. The molecule has 1 aromatic rings. The second-order valence-corrected chi connectivity index (χ2v) is 5.88. The Balaban J connectivity index is 2.33. The monoisotopic (exact) mass is 332 g/mol. The van der Waals surface area contributed by atoms with E-state index in [4.69, 9.17) is 16.3 Å². The molecular formula is C13H18BrClN2O. The summed E-state index contributed by atoms with van der Waals surface area (Å²) in [6.45, 7) is 2.51. The zero-order chi connectivity index (χ0) is 13.1. The Morgan fingerprint density at radius 2 is 2.33 bits per heavy atom. The molecule has 5 heteroatoms. The summed E-state index contributed by atoms with van der Waals surface area (Å²) in [6.07, 6.45) is 0.126. The molecule has 0 amide bonds. The molecule has 1 N–H and O–H groups in total. The van der Waals surface area contributed by atoms with Crippen molar-refractivity contribution in [2.24, 2.45) is 0 Å². The van der Waals surface area contributed by atoms with Gasteiger partial charge >= 0.3 is 0 Å². The van der Waals surface area contributed by atoms with Gasteiger partial charge in [0, 0.05) is 22.6 Å². The molecule has 1 saturated heterocycles. The molecule has 2 unspecified atom stereocenters. The van der Waals surface area contributed by atoms with Crippen LogP contribution in [0.15, 0.2) is 22.7 Å². The average Bonchev–Trinajstić information content (AvgIpc) is 2.34. The number of hydrogen-bond acceptors (Lipinski definition) is 3. The number of nitrogens with one attached hydrogen (secondary N) is 1. The minimum atomic E-state index is 0.126. The summed E-state index contributed by atoms with van der Waals surface area (Å²) in [4.78, 5) is 2.30. The third-order valence-corrected chi connectivity index (χ3v) is 4.12. The Hall–Kier alpha value is -0.130. The molecule has 0 bridgehead atoms. The first kappa shape index (κ1) is 14.3. The summed E-state index contributed by atoms with van der Waals surface area (Å²) < 4.78 is 6.92. The molecule has 1 heterocycles. The van der Waals surface area contributed by atoms with Crippen LogP contribution < -0.4 is 5.32 Å². The molecule has 0 spiro atoms. The van der Waals surface area contributed by atoms with E-state index in [2.05, 4.69) is 39.3 Å². The topological polar surface area (TPSA) is 24.5 Å². The lowest BCUT2D eigenvalue weighted by molar-refractivity contribution is -0.0606. The van der Waals surface area contributed by atoms with E-state index in [9.17, 15) is 0 Å². The van der Waals surface area contributed by atoms with Crippen LogP contribution >= 0.6 is 27.5 Å². The summed E-state index contributed by atoms with van der Waals surface area (Å²) in [5.41, 5.74) is 1.12. The van der Waals surface area contributed by atoms with Gasteiger partial charge in [-0.25, -0.2) is 0 Å². The fraction of sp³-hybridized carbons (Fsp3) is 0.538. The quantitative estimate of drug-likeness (QED) is 0.920. The van der Waals surface area contributed by atoms with E-state index in [0.717, 1.165) is 34.8 Å². The van der Waals surface area contributed by atoms with Crippen molar-refractivity contribution in [2.75, 3.05) is 33.8 Å². The highest BCUT2D eigenvalue weighted by molar-refractivity contribution is 9.10. The number of hydrogen-bond donors (Lipinski definition) is 1. The van der Waals surface area contributed by atoms with Crippen LogP contribution in [-0.2, 0) is 4.74 Å². The maximum absolute atomic E-state index is 6.34. The van der Waals surface area contributed by atoms with Crippen molar-refractivity contribution in [3.63, 3.8) is 0 Å². The van der Waals surface area contributed by atoms with Crippen LogP contribution in [0.4, 0.5) is 0 Å². The van der Waals surface area contributed by atoms with Gasteiger partial charge in [0.15, 0.2) is 0 Å². The number of halogens is 2. The van der Waals surface area contributed by atoms with Gasteiger partial charge < -0.3 is 10.1 Å². The number of morpholine rings is 1. The second kappa shape index (κ2) is 6.35. The van der Waals surface area contributed by atoms with Crippen molar-refractivity contribution in [3.05, 3.63) is 33.3 Å². The van der Waals surface area contributed by atoms with Crippen LogP contribution in [0, 0.1) is 0 Å². The highest BCUT2D eigenvalue weighted by atomic mass is 79.9. The largest absolute Gasteiger partial charge is 0.374 e. The first-order valence-corrected chi connectivity index (χ1v) is 7.22. The number of nitrogens with zero attached hydrogens (tertiary/aromatic N) is 1. The normalized spacial score (nSPS) is 25.3. The standard InChI is InChI=1S/C13H18BrClN2O/c1-16-8-12-13(17(2)5-6-18-12)10-7-9(14)3-4-11(10)15/h3-4,7,12-13,16H,5-6,8H2,1-2H3. The Morgan fingerprint density at radius 3 is 3.06 bits per heavy atom. The third kappa shape index (κ3) is 3.06. The van der Waals surface area contributed by atoms with Crippen molar-refractivity contribution in [1.82, 2.24) is 10.2 Å². The molecule has 1 fully saturated rings. The van der Waals surface area contributed by atoms with Crippen molar-refractivity contribution in [2.45, 2.75) is 12.1 Å². The van der Waals surface area contributed by atoms with Crippen LogP contribution in [0.3, 0.4) is 0 Å². The van der Waals surface area contributed by atoms with Gasteiger partial charge in [0.2, 0.25) is 0 Å². The Morgan fingerprint density at radius 1 is 1.56 bits per heavy atom. The van der Waals surface area contributed by atoms with E-state index < -0.39 is 0 Å². The maximum Gasteiger partial charge on any atom is 0.0896 e. The molecule has 1 aromatic carbocycles. The smallest absolute Gasteiger partial charge is 0.0896 e. The summed E-state index contributed by atoms with van der Waals surface area (Å²) in [7, 11) is 4.06. The van der Waals surface area contributed by atoms with Crippen LogP contribution in [-0.4, -0.2) is 44.8 Å². The summed E-state index contributed by atoms with van der Waals surface area (Å²) >= 11 is 9.85. The van der Waals surface area contributed by atoms with Crippen LogP contribution in [0.5, 0.6) is 0 Å². The fourth-order valence-electron chi connectivity index (χ4n) is 2.41.